The van der Waals surface area contributed by atoms with E-state index < -0.39 is 28.5 Å². The summed E-state index contributed by atoms with van der Waals surface area (Å²) in [6, 6.07) is 17.8. The van der Waals surface area contributed by atoms with Crippen LogP contribution in [0.1, 0.15) is 36.8 Å². The van der Waals surface area contributed by atoms with E-state index in [1.165, 1.54) is 24.1 Å². The van der Waals surface area contributed by atoms with Gasteiger partial charge in [0, 0.05) is 39.6 Å². The maximum Gasteiger partial charge on any atom is 0.244 e. The Balaban J connectivity index is 1.79. The van der Waals surface area contributed by atoms with Gasteiger partial charge in [0.25, 0.3) is 0 Å². The van der Waals surface area contributed by atoms with Gasteiger partial charge in [-0.05, 0) is 48.7 Å². The lowest BCUT2D eigenvalue weighted by atomic mass is 10.0. The maximum atomic E-state index is 14.3. The molecule has 0 bridgehead atoms. The van der Waals surface area contributed by atoms with Crippen LogP contribution in [0.2, 0.25) is 15.1 Å². The van der Waals surface area contributed by atoms with Gasteiger partial charge in [0.05, 0.1) is 19.1 Å². The third-order valence-electron chi connectivity index (χ3n) is 7.45. The molecule has 1 N–H and O–H groups in total. The molecule has 0 unspecified atom stereocenters. The van der Waals surface area contributed by atoms with Gasteiger partial charge in [-0.25, -0.2) is 8.42 Å². The number of benzene rings is 3. The Morgan fingerprint density at radius 3 is 2.23 bits per heavy atom. The van der Waals surface area contributed by atoms with E-state index in [-0.39, 0.29) is 41.4 Å². The highest BCUT2D eigenvalue weighted by molar-refractivity contribution is 7.92. The Hall–Kier alpha value is -2.98. The minimum absolute atomic E-state index is 0.00475. The minimum Gasteiger partial charge on any atom is -0.495 e. The van der Waals surface area contributed by atoms with Crippen LogP contribution >= 0.6 is 34.8 Å². The maximum absolute atomic E-state index is 14.3. The van der Waals surface area contributed by atoms with Crippen LogP contribution in [-0.4, -0.2) is 57.1 Å². The van der Waals surface area contributed by atoms with E-state index in [2.05, 4.69) is 5.32 Å². The molecule has 1 atom stereocenters. The van der Waals surface area contributed by atoms with Crippen molar-refractivity contribution in [1.29, 1.82) is 0 Å². The molecule has 3 aromatic rings. The van der Waals surface area contributed by atoms with Gasteiger partial charge >= 0.3 is 0 Å². The monoisotopic (exact) mass is 665 g/mol. The number of rotatable bonds is 12. The SMILES string of the molecule is COc1ccc(Cl)cc1N(CC(=O)N(Cc1c(Cl)cccc1Cl)[C@H](Cc1ccccc1)C(=O)NC1CCCC1)S(C)(=O)=O. The van der Waals surface area contributed by atoms with Crippen LogP contribution < -0.4 is 14.4 Å². The van der Waals surface area contributed by atoms with Gasteiger partial charge in [-0.15, -0.1) is 0 Å². The average molecular weight is 667 g/mol. The number of nitrogens with zero attached hydrogens (tertiary/aromatic N) is 2. The number of amides is 2. The third-order valence-corrected chi connectivity index (χ3v) is 9.52. The molecule has 1 aliphatic carbocycles. The second-order valence-electron chi connectivity index (χ2n) is 10.5. The Bertz CT molecular complexity index is 1530. The number of anilines is 1. The lowest BCUT2D eigenvalue weighted by Gasteiger charge is -2.34. The summed E-state index contributed by atoms with van der Waals surface area (Å²) in [6.07, 6.45) is 4.90. The Morgan fingerprint density at radius 2 is 1.63 bits per heavy atom. The lowest BCUT2D eigenvalue weighted by Crippen LogP contribution is -2.54. The molecule has 0 aliphatic heterocycles. The molecule has 0 saturated heterocycles. The molecule has 1 aliphatic rings. The summed E-state index contributed by atoms with van der Waals surface area (Å²) in [5.74, 6) is -0.757. The van der Waals surface area contributed by atoms with E-state index in [1.54, 1.807) is 24.3 Å². The van der Waals surface area contributed by atoms with Crippen LogP contribution in [0, 0.1) is 0 Å². The molecular weight excluding hydrogens is 633 g/mol. The fourth-order valence-corrected chi connectivity index (χ4v) is 6.76. The summed E-state index contributed by atoms with van der Waals surface area (Å²) in [5, 5.41) is 4.01. The summed E-state index contributed by atoms with van der Waals surface area (Å²) < 4.78 is 32.5. The fourth-order valence-electron chi connectivity index (χ4n) is 5.23. The zero-order valence-electron chi connectivity index (χ0n) is 23.9. The van der Waals surface area contributed by atoms with Crippen molar-refractivity contribution in [1.82, 2.24) is 10.2 Å². The van der Waals surface area contributed by atoms with Crippen LogP contribution in [0.25, 0.3) is 0 Å². The molecule has 4 rings (SSSR count). The predicted octanol–water partition coefficient (Wildman–Crippen LogP) is 6.12. The number of carbonyl (C=O) groups is 2. The first-order valence-electron chi connectivity index (χ1n) is 13.9. The second-order valence-corrected chi connectivity index (χ2v) is 13.7. The molecule has 0 radical (unpaired) electrons. The summed E-state index contributed by atoms with van der Waals surface area (Å²) in [6.45, 7) is -0.753. The molecular formula is C31H34Cl3N3O5S. The lowest BCUT2D eigenvalue weighted by molar-refractivity contribution is -0.140. The topological polar surface area (TPSA) is 96.0 Å². The molecule has 1 fully saturated rings. The first-order valence-corrected chi connectivity index (χ1v) is 16.8. The highest BCUT2D eigenvalue weighted by atomic mass is 35.5. The van der Waals surface area contributed by atoms with Gasteiger partial charge in [0.1, 0.15) is 18.3 Å². The molecule has 1 saturated carbocycles. The minimum atomic E-state index is -4.01. The van der Waals surface area contributed by atoms with Crippen molar-refractivity contribution in [3.8, 4) is 5.75 Å². The van der Waals surface area contributed by atoms with Crippen molar-refractivity contribution in [2.75, 3.05) is 24.2 Å². The van der Waals surface area contributed by atoms with Crippen LogP contribution in [-0.2, 0) is 32.6 Å². The van der Waals surface area contributed by atoms with Gasteiger partial charge in [-0.3, -0.25) is 13.9 Å². The van der Waals surface area contributed by atoms with E-state index in [9.17, 15) is 18.0 Å². The predicted molar refractivity (Wildman–Crippen MR) is 172 cm³/mol. The summed E-state index contributed by atoms with van der Waals surface area (Å²) in [4.78, 5) is 29.7. The average Bonchev–Trinajstić information content (AvgIpc) is 3.47. The highest BCUT2D eigenvalue weighted by Gasteiger charge is 2.35. The van der Waals surface area contributed by atoms with Crippen LogP contribution in [0.3, 0.4) is 0 Å². The Morgan fingerprint density at radius 1 is 0.977 bits per heavy atom. The zero-order chi connectivity index (χ0) is 31.1. The second kappa shape index (κ2) is 14.7. The molecule has 0 spiro atoms. The van der Waals surface area contributed by atoms with Crippen molar-refractivity contribution in [2.24, 2.45) is 0 Å². The van der Waals surface area contributed by atoms with Crippen LogP contribution in [0.4, 0.5) is 5.69 Å². The molecule has 12 heteroatoms. The van der Waals surface area contributed by atoms with E-state index >= 15 is 0 Å². The first kappa shape index (κ1) is 32.9. The third kappa shape index (κ3) is 8.56. The van der Waals surface area contributed by atoms with Crippen molar-refractivity contribution < 1.29 is 22.7 Å². The van der Waals surface area contributed by atoms with Gasteiger partial charge in [0.15, 0.2) is 0 Å². The molecule has 0 aromatic heterocycles. The van der Waals surface area contributed by atoms with E-state index in [0.29, 0.717) is 15.6 Å². The Labute approximate surface area is 267 Å². The molecule has 0 heterocycles. The summed E-state index contributed by atoms with van der Waals surface area (Å²) in [5.41, 5.74) is 1.36. The normalized spacial score (nSPS) is 14.3. The zero-order valence-corrected chi connectivity index (χ0v) is 27.0. The number of ether oxygens (including phenoxy) is 1. The van der Waals surface area contributed by atoms with Crippen molar-refractivity contribution >= 4 is 62.3 Å². The standard InChI is InChI=1S/C31H34Cl3N3O5S/c1-42-29-16-15-22(32)18-27(29)37(43(2,40)41)20-30(38)36(19-24-25(33)13-8-14-26(24)34)28(17-21-9-4-3-5-10-21)31(39)35-23-11-6-7-12-23/h3-5,8-10,13-16,18,23,28H,6-7,11-12,17,19-20H2,1-2H3,(H,35,39)/t28-/m1/s1. The number of carbonyl (C=O) groups excluding carboxylic acids is 2. The van der Waals surface area contributed by atoms with Gasteiger partial charge in [-0.2, -0.15) is 0 Å². The molecule has 43 heavy (non-hydrogen) atoms. The van der Waals surface area contributed by atoms with E-state index in [0.717, 1.165) is 41.8 Å². The van der Waals surface area contributed by atoms with Gasteiger partial charge in [-0.1, -0.05) is 84.0 Å². The number of halogens is 3. The molecule has 8 nitrogen and oxygen atoms in total. The smallest absolute Gasteiger partial charge is 0.244 e. The van der Waals surface area contributed by atoms with E-state index in [4.69, 9.17) is 39.5 Å². The molecule has 2 amide bonds. The summed E-state index contributed by atoms with van der Waals surface area (Å²) >= 11 is 19.3. The fraction of sp³-hybridized carbons (Fsp3) is 0.355. The number of nitrogens with one attached hydrogen (secondary N) is 1. The van der Waals surface area contributed by atoms with Crippen LogP contribution in [0.15, 0.2) is 66.7 Å². The number of hydrogen-bond acceptors (Lipinski definition) is 5. The van der Waals surface area contributed by atoms with Crippen LogP contribution in [0.5, 0.6) is 5.75 Å². The molecule has 3 aromatic carbocycles. The first-order chi connectivity index (χ1) is 20.5. The molecule has 230 valence electrons. The van der Waals surface area contributed by atoms with Gasteiger partial charge in [0.2, 0.25) is 21.8 Å². The number of methoxy groups -OCH3 is 1. The number of sulfonamides is 1. The van der Waals surface area contributed by atoms with Crippen molar-refractivity contribution in [3.05, 3.63) is 92.9 Å². The van der Waals surface area contributed by atoms with Crippen molar-refractivity contribution in [2.45, 2.75) is 50.7 Å². The van der Waals surface area contributed by atoms with E-state index in [1.807, 2.05) is 30.3 Å². The highest BCUT2D eigenvalue weighted by Crippen LogP contribution is 2.34. The number of hydrogen-bond donors (Lipinski definition) is 1. The quantitative estimate of drug-likeness (QED) is 0.251. The largest absolute Gasteiger partial charge is 0.495 e. The van der Waals surface area contributed by atoms with Crippen molar-refractivity contribution in [3.63, 3.8) is 0 Å². The Kier molecular flexibility index (Phi) is 11.2. The van der Waals surface area contributed by atoms with Gasteiger partial charge < -0.3 is 15.0 Å². The summed E-state index contributed by atoms with van der Waals surface area (Å²) in [7, 11) is -2.62.